The molecule has 0 unspecified atom stereocenters. The quantitative estimate of drug-likeness (QED) is 0.405. The van der Waals surface area contributed by atoms with E-state index < -0.39 is 0 Å². The predicted molar refractivity (Wildman–Crippen MR) is 118 cm³/mol. The molecule has 0 atom stereocenters. The van der Waals surface area contributed by atoms with E-state index in [1.165, 1.54) is 6.33 Å². The van der Waals surface area contributed by atoms with Crippen molar-refractivity contribution in [1.82, 2.24) is 14.5 Å². The Labute approximate surface area is 188 Å². The van der Waals surface area contributed by atoms with Crippen LogP contribution in [0.2, 0.25) is 10.0 Å². The second kappa shape index (κ2) is 9.51. The average molecular weight is 455 g/mol. The summed E-state index contributed by atoms with van der Waals surface area (Å²) in [6, 6.07) is 17.2. The zero-order valence-corrected chi connectivity index (χ0v) is 17.5. The lowest BCUT2D eigenvalue weighted by molar-refractivity contribution is -0.118. The molecule has 2 aromatic carbocycles. The zero-order chi connectivity index (χ0) is 21.6. The third-order valence-electron chi connectivity index (χ3n) is 4.11. The van der Waals surface area contributed by atoms with E-state index in [1.807, 2.05) is 29.1 Å². The molecule has 0 saturated carbocycles. The number of halogens is 2. The summed E-state index contributed by atoms with van der Waals surface area (Å²) in [6.07, 6.45) is 5.20. The van der Waals surface area contributed by atoms with Crippen LogP contribution in [0.1, 0.15) is 0 Å². The Morgan fingerprint density at radius 1 is 1.00 bits per heavy atom. The van der Waals surface area contributed by atoms with E-state index in [0.717, 1.165) is 0 Å². The highest BCUT2D eigenvalue weighted by Gasteiger charge is 2.08. The van der Waals surface area contributed by atoms with Gasteiger partial charge in [-0.1, -0.05) is 23.2 Å². The molecule has 0 radical (unpaired) electrons. The second-order valence-electron chi connectivity index (χ2n) is 6.34. The standard InChI is InChI=1S/C22H16Cl2N4O3/c23-15-3-8-19(18(24)11-15)30-13-21(29)27-16-4-6-17(7-5-16)31-22-12-20(25-14-26-22)28-9-1-2-10-28/h1-12,14H,13H2,(H,27,29). The number of nitrogens with zero attached hydrogens (tertiary/aromatic N) is 3. The Kier molecular flexibility index (Phi) is 6.35. The van der Waals surface area contributed by atoms with Gasteiger partial charge < -0.3 is 19.4 Å². The molecule has 0 spiro atoms. The average Bonchev–Trinajstić information content (AvgIpc) is 3.30. The van der Waals surface area contributed by atoms with Gasteiger partial charge >= 0.3 is 0 Å². The number of hydrogen-bond donors (Lipinski definition) is 1. The third kappa shape index (κ3) is 5.53. The number of amides is 1. The van der Waals surface area contributed by atoms with Crippen molar-refractivity contribution >= 4 is 34.8 Å². The third-order valence-corrected chi connectivity index (χ3v) is 4.64. The van der Waals surface area contributed by atoms with Crippen LogP contribution < -0.4 is 14.8 Å². The second-order valence-corrected chi connectivity index (χ2v) is 7.19. The molecule has 9 heteroatoms. The molecular formula is C22H16Cl2N4O3. The summed E-state index contributed by atoms with van der Waals surface area (Å²) in [5.74, 6) is 1.73. The Balaban J connectivity index is 1.33. The molecule has 0 bridgehead atoms. The minimum Gasteiger partial charge on any atom is -0.482 e. The van der Waals surface area contributed by atoms with Gasteiger partial charge in [0.1, 0.15) is 23.6 Å². The SMILES string of the molecule is O=C(COc1ccc(Cl)cc1Cl)Nc1ccc(Oc2cc(-n3cccc3)ncn2)cc1. The van der Waals surface area contributed by atoms with Crippen LogP contribution in [0, 0.1) is 0 Å². The summed E-state index contributed by atoms with van der Waals surface area (Å²) >= 11 is 11.9. The van der Waals surface area contributed by atoms with Gasteiger partial charge in [-0.05, 0) is 54.6 Å². The number of anilines is 1. The molecule has 1 amide bonds. The normalized spacial score (nSPS) is 10.5. The van der Waals surface area contributed by atoms with Crippen LogP contribution in [0.5, 0.6) is 17.4 Å². The van der Waals surface area contributed by atoms with Gasteiger partial charge in [-0.15, -0.1) is 0 Å². The van der Waals surface area contributed by atoms with E-state index in [0.29, 0.717) is 38.9 Å². The number of nitrogens with one attached hydrogen (secondary N) is 1. The molecule has 0 aliphatic heterocycles. The maximum absolute atomic E-state index is 12.1. The molecule has 4 rings (SSSR count). The molecule has 2 heterocycles. The maximum atomic E-state index is 12.1. The van der Waals surface area contributed by atoms with Crippen LogP contribution in [0.3, 0.4) is 0 Å². The van der Waals surface area contributed by atoms with Gasteiger partial charge in [0.05, 0.1) is 5.02 Å². The van der Waals surface area contributed by atoms with Crippen molar-refractivity contribution in [3.05, 3.63) is 89.4 Å². The number of hydrogen-bond acceptors (Lipinski definition) is 5. The molecule has 156 valence electrons. The van der Waals surface area contributed by atoms with Crippen molar-refractivity contribution in [2.24, 2.45) is 0 Å². The van der Waals surface area contributed by atoms with Crippen molar-refractivity contribution in [2.45, 2.75) is 0 Å². The van der Waals surface area contributed by atoms with E-state index in [-0.39, 0.29) is 12.5 Å². The fourth-order valence-electron chi connectivity index (χ4n) is 2.67. The monoisotopic (exact) mass is 454 g/mol. The molecule has 0 aliphatic rings. The van der Waals surface area contributed by atoms with Crippen LogP contribution in [0.15, 0.2) is 79.4 Å². The van der Waals surface area contributed by atoms with Gasteiger partial charge in [-0.2, -0.15) is 0 Å². The summed E-state index contributed by atoms with van der Waals surface area (Å²) in [4.78, 5) is 20.5. The largest absolute Gasteiger partial charge is 0.482 e. The molecule has 0 saturated heterocycles. The lowest BCUT2D eigenvalue weighted by atomic mass is 10.3. The minimum atomic E-state index is -0.327. The van der Waals surface area contributed by atoms with Gasteiger partial charge in [0.15, 0.2) is 6.61 Å². The molecule has 1 N–H and O–H groups in total. The summed E-state index contributed by atoms with van der Waals surface area (Å²) in [6.45, 7) is -0.192. The molecule has 2 aromatic heterocycles. The molecule has 31 heavy (non-hydrogen) atoms. The number of carbonyl (C=O) groups is 1. The highest BCUT2D eigenvalue weighted by Crippen LogP contribution is 2.27. The first-order valence-electron chi connectivity index (χ1n) is 9.18. The van der Waals surface area contributed by atoms with Crippen molar-refractivity contribution in [1.29, 1.82) is 0 Å². The Bertz CT molecular complexity index is 1180. The van der Waals surface area contributed by atoms with E-state index in [2.05, 4.69) is 15.3 Å². The zero-order valence-electron chi connectivity index (χ0n) is 16.0. The number of carbonyl (C=O) groups excluding carboxylic acids is 1. The predicted octanol–water partition coefficient (Wildman–Crippen LogP) is 5.38. The Morgan fingerprint density at radius 3 is 2.52 bits per heavy atom. The van der Waals surface area contributed by atoms with Gasteiger partial charge in [0.25, 0.3) is 5.91 Å². The first-order chi connectivity index (χ1) is 15.1. The van der Waals surface area contributed by atoms with Crippen molar-refractivity contribution in [2.75, 3.05) is 11.9 Å². The molecule has 0 aliphatic carbocycles. The Morgan fingerprint density at radius 2 is 1.77 bits per heavy atom. The maximum Gasteiger partial charge on any atom is 0.262 e. The van der Waals surface area contributed by atoms with Crippen molar-refractivity contribution in [3.8, 4) is 23.2 Å². The highest BCUT2D eigenvalue weighted by molar-refractivity contribution is 6.35. The summed E-state index contributed by atoms with van der Waals surface area (Å²) < 4.78 is 13.1. The fourth-order valence-corrected chi connectivity index (χ4v) is 3.14. The molecule has 7 nitrogen and oxygen atoms in total. The number of aromatic nitrogens is 3. The number of ether oxygens (including phenoxy) is 2. The number of rotatable bonds is 7. The summed E-state index contributed by atoms with van der Waals surface area (Å²) in [7, 11) is 0. The topological polar surface area (TPSA) is 78.3 Å². The highest BCUT2D eigenvalue weighted by atomic mass is 35.5. The Hall–Kier alpha value is -3.55. The van der Waals surface area contributed by atoms with Crippen LogP contribution in [0.4, 0.5) is 5.69 Å². The van der Waals surface area contributed by atoms with Gasteiger partial charge in [-0.25, -0.2) is 9.97 Å². The summed E-state index contributed by atoms with van der Waals surface area (Å²) in [5, 5.41) is 3.58. The number of benzene rings is 2. The lowest BCUT2D eigenvalue weighted by Crippen LogP contribution is -2.20. The minimum absolute atomic E-state index is 0.192. The van der Waals surface area contributed by atoms with E-state index in [9.17, 15) is 4.79 Å². The van der Waals surface area contributed by atoms with Crippen molar-refractivity contribution in [3.63, 3.8) is 0 Å². The summed E-state index contributed by atoms with van der Waals surface area (Å²) in [5.41, 5.74) is 0.596. The molecule has 4 aromatic rings. The first-order valence-corrected chi connectivity index (χ1v) is 9.93. The van der Waals surface area contributed by atoms with Gasteiger partial charge in [-0.3, -0.25) is 4.79 Å². The van der Waals surface area contributed by atoms with Crippen LogP contribution >= 0.6 is 23.2 Å². The van der Waals surface area contributed by atoms with Crippen LogP contribution in [-0.4, -0.2) is 27.0 Å². The van der Waals surface area contributed by atoms with Crippen LogP contribution in [0.25, 0.3) is 5.82 Å². The lowest BCUT2D eigenvalue weighted by Gasteiger charge is -2.10. The molecule has 0 fully saturated rings. The smallest absolute Gasteiger partial charge is 0.262 e. The van der Waals surface area contributed by atoms with E-state index >= 15 is 0 Å². The van der Waals surface area contributed by atoms with E-state index in [4.69, 9.17) is 32.7 Å². The van der Waals surface area contributed by atoms with E-state index in [1.54, 1.807) is 48.5 Å². The van der Waals surface area contributed by atoms with Crippen molar-refractivity contribution < 1.29 is 14.3 Å². The molecular weight excluding hydrogens is 439 g/mol. The first kappa shape index (κ1) is 20.7. The van der Waals surface area contributed by atoms with Gasteiger partial charge in [0, 0.05) is 29.2 Å². The van der Waals surface area contributed by atoms with Gasteiger partial charge in [0.2, 0.25) is 5.88 Å². The fraction of sp³-hybridized carbons (Fsp3) is 0.0455. The van der Waals surface area contributed by atoms with Crippen LogP contribution in [-0.2, 0) is 4.79 Å².